The minimum absolute atomic E-state index is 0.0175. The second-order valence-corrected chi connectivity index (χ2v) is 24.2. The summed E-state index contributed by atoms with van der Waals surface area (Å²) in [6.45, 7) is 3.56. The SMILES string of the molecule is Cn1nc(CS(=O)(=O)C2(C)CC2)c2c(Cl)ccc(-c3ccc(C#CC(C)(C)S(=O)(=O)C4CC4)nc3[C@@H](CC(=O)Cn3nc(C(F)(F)F)c4c3C(F)(F)[C@@H]3C[C@H]43)Cc3cc(F)cc(F)c3)c21. The molecular weight excluding hydrogens is 923 g/mol. The Morgan fingerprint density at radius 1 is 0.985 bits per heavy atom. The number of carbonyl (C=O) groups is 1. The van der Waals surface area contributed by atoms with Gasteiger partial charge in [0.25, 0.3) is 5.92 Å². The number of aromatic nitrogens is 5. The van der Waals surface area contributed by atoms with Crippen molar-refractivity contribution in [3.05, 3.63) is 98.7 Å². The first-order valence-corrected chi connectivity index (χ1v) is 24.5. The molecule has 0 unspecified atom stereocenters. The first-order chi connectivity index (χ1) is 30.2. The van der Waals surface area contributed by atoms with Crippen LogP contribution in [0.5, 0.6) is 0 Å². The van der Waals surface area contributed by atoms with Gasteiger partial charge in [-0.25, -0.2) is 30.6 Å². The molecule has 10 nitrogen and oxygen atoms in total. The summed E-state index contributed by atoms with van der Waals surface area (Å²) in [6, 6.07) is 8.85. The Morgan fingerprint density at radius 3 is 2.28 bits per heavy atom. The molecule has 4 aliphatic carbocycles. The monoisotopic (exact) mass is 963 g/mol. The third-order valence-electron chi connectivity index (χ3n) is 13.2. The summed E-state index contributed by atoms with van der Waals surface area (Å²) in [6.07, 6.45) is -4.24. The van der Waals surface area contributed by atoms with Crippen LogP contribution in [0.2, 0.25) is 5.02 Å². The number of halogens is 8. The summed E-state index contributed by atoms with van der Waals surface area (Å²) in [5.41, 5.74) is -1.84. The van der Waals surface area contributed by atoms with E-state index in [-0.39, 0.29) is 46.1 Å². The maximum atomic E-state index is 15.6. The third kappa shape index (κ3) is 7.94. The van der Waals surface area contributed by atoms with E-state index in [0.717, 1.165) is 12.1 Å². The lowest BCUT2D eigenvalue weighted by atomic mass is 9.86. The molecule has 4 aliphatic rings. The van der Waals surface area contributed by atoms with E-state index in [1.807, 2.05) is 0 Å². The summed E-state index contributed by atoms with van der Waals surface area (Å²) >= 11 is 6.77. The number of benzene rings is 2. The van der Waals surface area contributed by atoms with E-state index in [1.165, 1.54) is 30.7 Å². The maximum Gasteiger partial charge on any atom is 0.435 e. The lowest BCUT2D eigenvalue weighted by Crippen LogP contribution is -2.33. The molecule has 3 atom stereocenters. The number of sulfone groups is 2. The second kappa shape index (κ2) is 15.1. The molecule has 2 aromatic carbocycles. The van der Waals surface area contributed by atoms with E-state index in [2.05, 4.69) is 22.0 Å². The van der Waals surface area contributed by atoms with Gasteiger partial charge in [-0.05, 0) is 107 Å². The molecule has 0 bridgehead atoms. The number of hydrogen-bond acceptors (Lipinski definition) is 8. The normalized spacial score (nSPS) is 20.2. The van der Waals surface area contributed by atoms with Crippen LogP contribution in [0.4, 0.5) is 30.7 Å². The Labute approximate surface area is 374 Å². The molecule has 3 aromatic heterocycles. The Bertz CT molecular complexity index is 3130. The van der Waals surface area contributed by atoms with Crippen molar-refractivity contribution >= 4 is 48.0 Å². The molecule has 0 aliphatic heterocycles. The van der Waals surface area contributed by atoms with Crippen LogP contribution in [0.3, 0.4) is 0 Å². The van der Waals surface area contributed by atoms with Crippen LogP contribution in [0.1, 0.15) is 111 Å². The topological polar surface area (TPSA) is 134 Å². The fourth-order valence-corrected chi connectivity index (χ4v) is 12.8. The van der Waals surface area contributed by atoms with Crippen LogP contribution < -0.4 is 0 Å². The Morgan fingerprint density at radius 2 is 1.65 bits per heavy atom. The fraction of sp³-hybridized carbons (Fsp3) is 0.467. The van der Waals surface area contributed by atoms with Crippen LogP contribution in [-0.2, 0) is 62.3 Å². The van der Waals surface area contributed by atoms with Gasteiger partial charge in [-0.3, -0.25) is 14.2 Å². The van der Waals surface area contributed by atoms with Crippen molar-refractivity contribution in [1.82, 2.24) is 24.5 Å². The average molecular weight is 964 g/mol. The summed E-state index contributed by atoms with van der Waals surface area (Å²) in [7, 11) is -5.81. The number of nitrogens with zero attached hydrogens (tertiary/aromatic N) is 5. The smallest absolute Gasteiger partial charge is 0.298 e. The van der Waals surface area contributed by atoms with E-state index >= 15 is 8.78 Å². The highest BCUT2D eigenvalue weighted by molar-refractivity contribution is 7.94. The van der Waals surface area contributed by atoms with Gasteiger partial charge < -0.3 is 0 Å². The number of Topliss-reactive ketones (excluding diaryl/α,β-unsaturated/α-hetero) is 1. The van der Waals surface area contributed by atoms with Gasteiger partial charge in [0, 0.05) is 53.4 Å². The van der Waals surface area contributed by atoms with Crippen LogP contribution in [0.15, 0.2) is 42.5 Å². The zero-order valence-electron chi connectivity index (χ0n) is 35.3. The molecule has 5 aromatic rings. The molecule has 0 amide bonds. The minimum atomic E-state index is -5.08. The van der Waals surface area contributed by atoms with Gasteiger partial charge >= 0.3 is 6.18 Å². The number of ketones is 1. The molecule has 0 saturated heterocycles. The number of alkyl halides is 5. The van der Waals surface area contributed by atoms with Gasteiger partial charge in [-0.2, -0.15) is 32.1 Å². The summed E-state index contributed by atoms with van der Waals surface area (Å²) in [5, 5.41) is 7.99. The zero-order valence-corrected chi connectivity index (χ0v) is 37.7. The molecule has 65 heavy (non-hydrogen) atoms. The first kappa shape index (κ1) is 45.4. The number of pyridine rings is 1. The lowest BCUT2D eigenvalue weighted by Gasteiger charge is -2.22. The van der Waals surface area contributed by atoms with Crippen molar-refractivity contribution in [3.63, 3.8) is 0 Å². The summed E-state index contributed by atoms with van der Waals surface area (Å²) in [4.78, 5) is 19.1. The van der Waals surface area contributed by atoms with Gasteiger partial charge in [0.15, 0.2) is 31.2 Å². The first-order valence-electron chi connectivity index (χ1n) is 20.9. The van der Waals surface area contributed by atoms with Crippen molar-refractivity contribution in [2.45, 2.75) is 117 Å². The Hall–Kier alpha value is -4.80. The number of rotatable bonds is 13. The van der Waals surface area contributed by atoms with Gasteiger partial charge in [-0.15, -0.1) is 0 Å². The fourth-order valence-electron chi connectivity index (χ4n) is 9.16. The maximum absolute atomic E-state index is 15.6. The van der Waals surface area contributed by atoms with Gasteiger partial charge in [0.2, 0.25) is 0 Å². The highest BCUT2D eigenvalue weighted by atomic mass is 35.5. The van der Waals surface area contributed by atoms with Gasteiger partial charge in [-0.1, -0.05) is 23.6 Å². The predicted octanol–water partition coefficient (Wildman–Crippen LogP) is 9.15. The molecule has 3 heterocycles. The molecule has 20 heteroatoms. The molecule has 0 radical (unpaired) electrons. The van der Waals surface area contributed by atoms with Crippen LogP contribution in [0, 0.1) is 29.4 Å². The highest BCUT2D eigenvalue weighted by Crippen LogP contribution is 2.68. The molecule has 3 saturated carbocycles. The lowest BCUT2D eigenvalue weighted by molar-refractivity contribution is -0.142. The Kier molecular flexibility index (Phi) is 10.5. The van der Waals surface area contributed by atoms with E-state index in [4.69, 9.17) is 16.6 Å². The van der Waals surface area contributed by atoms with Gasteiger partial charge in [0.05, 0.1) is 37.7 Å². The molecular formula is C45H41ClF7N5O5S2. The molecule has 344 valence electrons. The van der Waals surface area contributed by atoms with Crippen molar-refractivity contribution in [1.29, 1.82) is 0 Å². The third-order valence-corrected chi connectivity index (χ3v) is 19.0. The molecule has 0 spiro atoms. The standard InChI is InChI=1S/C45H41ClF7N5O5S2/c1-42(2,65(62,63)29-6-7-29)12-11-27-5-8-30(31-9-10-34(46)37-35(55-57(4)39(31)37)22-64(60,61)43(3)13-14-43)38(54-27)24(15-23-16-25(47)19-26(48)17-23)18-28(59)21-58-41-36(40(56-58)45(51,52)53)32-20-33(32)44(41,49)50/h5,8-10,16-17,19,24,29,32-33H,6-7,13-15,18,20-22H2,1-4H3/t24-,32+,33-/m1/s1. The number of carbonyl (C=O) groups excluding carboxylic acids is 1. The second-order valence-electron chi connectivity index (χ2n) is 18.5. The molecule has 9 rings (SSSR count). The largest absolute Gasteiger partial charge is 0.435 e. The van der Waals surface area contributed by atoms with Crippen LogP contribution in [-0.4, -0.2) is 61.9 Å². The van der Waals surface area contributed by atoms with Crippen LogP contribution in [0.25, 0.3) is 22.0 Å². The van der Waals surface area contributed by atoms with E-state index < -0.39 is 117 Å². The van der Waals surface area contributed by atoms with Crippen molar-refractivity contribution in [2.75, 3.05) is 0 Å². The number of aryl methyl sites for hydroxylation is 1. The highest BCUT2D eigenvalue weighted by Gasteiger charge is 2.68. The summed E-state index contributed by atoms with van der Waals surface area (Å²) < 4.78 is 156. The van der Waals surface area contributed by atoms with E-state index in [1.54, 1.807) is 26.1 Å². The quantitative estimate of drug-likeness (QED) is 0.0843. The number of hydrogen-bond donors (Lipinski definition) is 0. The van der Waals surface area contributed by atoms with E-state index in [0.29, 0.717) is 52.9 Å². The van der Waals surface area contributed by atoms with Crippen molar-refractivity contribution in [3.8, 4) is 23.0 Å². The average Bonchev–Trinajstić information content (AvgIpc) is 4.13. The van der Waals surface area contributed by atoms with E-state index in [9.17, 15) is 43.6 Å². The van der Waals surface area contributed by atoms with Gasteiger partial charge in [0.1, 0.15) is 34.3 Å². The van der Waals surface area contributed by atoms with Crippen molar-refractivity contribution < 1.29 is 52.4 Å². The van der Waals surface area contributed by atoms with Crippen molar-refractivity contribution in [2.24, 2.45) is 13.0 Å². The summed E-state index contributed by atoms with van der Waals surface area (Å²) in [5.74, 6) is -4.86. The van der Waals surface area contributed by atoms with Crippen LogP contribution >= 0.6 is 11.6 Å². The predicted molar refractivity (Wildman–Crippen MR) is 227 cm³/mol. The molecule has 3 fully saturated rings. The molecule has 0 N–H and O–H groups in total. The zero-order chi connectivity index (χ0) is 47.0. The minimum Gasteiger partial charge on any atom is -0.298 e. The Balaban J connectivity index is 1.19. The number of fused-ring (bicyclic) bond motifs is 4.